The topological polar surface area (TPSA) is 102 Å². The molecule has 118 valence electrons. The van der Waals surface area contributed by atoms with Crippen molar-refractivity contribution in [2.45, 2.75) is 25.3 Å². The van der Waals surface area contributed by atoms with Crippen molar-refractivity contribution in [3.63, 3.8) is 0 Å². The Morgan fingerprint density at radius 2 is 2.32 bits per heavy atom. The number of hydrogen-bond donors (Lipinski definition) is 1. The van der Waals surface area contributed by atoms with E-state index in [1.165, 1.54) is 11.3 Å². The normalized spacial score (nSPS) is 20.1. The summed E-state index contributed by atoms with van der Waals surface area (Å²) in [4.78, 5) is 12.7. The molecule has 0 aromatic carbocycles. The van der Waals surface area contributed by atoms with Crippen molar-refractivity contribution in [2.75, 3.05) is 11.5 Å². The summed E-state index contributed by atoms with van der Waals surface area (Å²) < 4.78 is 28.2. The molecule has 1 unspecified atom stereocenters. The molecule has 0 bridgehead atoms. The smallest absolute Gasteiger partial charge is 0.257 e. The van der Waals surface area contributed by atoms with Crippen LogP contribution in [0.5, 0.6) is 0 Å². The van der Waals surface area contributed by atoms with Gasteiger partial charge in [0.1, 0.15) is 0 Å². The summed E-state index contributed by atoms with van der Waals surface area (Å²) in [6.07, 6.45) is 1.02. The van der Waals surface area contributed by atoms with E-state index >= 15 is 0 Å². The molecule has 22 heavy (non-hydrogen) atoms. The quantitative estimate of drug-likeness (QED) is 0.871. The lowest BCUT2D eigenvalue weighted by atomic mass is 10.2. The number of thiophene rings is 1. The van der Waals surface area contributed by atoms with E-state index in [-0.39, 0.29) is 29.9 Å². The van der Waals surface area contributed by atoms with Crippen LogP contribution in [0.15, 0.2) is 21.9 Å². The van der Waals surface area contributed by atoms with Crippen LogP contribution in [-0.2, 0) is 21.1 Å². The molecule has 1 amide bonds. The Bertz CT molecular complexity index is 752. The van der Waals surface area contributed by atoms with Gasteiger partial charge in [-0.15, -0.1) is 21.5 Å². The highest BCUT2D eigenvalue weighted by Crippen LogP contribution is 2.23. The summed E-state index contributed by atoms with van der Waals surface area (Å²) in [5.41, 5.74) is 0. The summed E-state index contributed by atoms with van der Waals surface area (Å²) in [6.45, 7) is 0. The number of hydrogen-bond acceptors (Lipinski definition) is 7. The van der Waals surface area contributed by atoms with E-state index in [1.54, 1.807) is 0 Å². The van der Waals surface area contributed by atoms with Crippen LogP contribution in [0.4, 0.5) is 0 Å². The van der Waals surface area contributed by atoms with E-state index in [2.05, 4.69) is 15.5 Å². The Kier molecular flexibility index (Phi) is 4.25. The molecule has 0 aliphatic carbocycles. The fraction of sp³-hybridized carbons (Fsp3) is 0.462. The molecule has 1 aliphatic rings. The van der Waals surface area contributed by atoms with E-state index in [0.717, 1.165) is 4.88 Å². The summed E-state index contributed by atoms with van der Waals surface area (Å²) in [6, 6.07) is 3.50. The third-order valence-corrected chi connectivity index (χ3v) is 5.99. The number of carbonyl (C=O) groups is 1. The largest absolute Gasteiger partial charge is 0.420 e. The SMILES string of the molecule is O=C(CCc1nnc(-c2cccs2)o1)NC1CCS(=O)(=O)C1. The van der Waals surface area contributed by atoms with Gasteiger partial charge in [-0.05, 0) is 17.9 Å². The predicted octanol–water partition coefficient (Wildman–Crippen LogP) is 1.03. The molecular formula is C13H15N3O4S2. The summed E-state index contributed by atoms with van der Waals surface area (Å²) in [7, 11) is -2.98. The van der Waals surface area contributed by atoms with Crippen molar-refractivity contribution < 1.29 is 17.6 Å². The molecule has 0 saturated carbocycles. The van der Waals surface area contributed by atoms with Crippen LogP contribution in [0, 0.1) is 0 Å². The first-order chi connectivity index (χ1) is 10.5. The van der Waals surface area contributed by atoms with Crippen LogP contribution in [-0.4, -0.2) is 42.1 Å². The predicted molar refractivity (Wildman–Crippen MR) is 81.1 cm³/mol. The number of carbonyl (C=O) groups excluding carboxylic acids is 1. The van der Waals surface area contributed by atoms with Crippen LogP contribution in [0.25, 0.3) is 10.8 Å². The van der Waals surface area contributed by atoms with Gasteiger partial charge in [-0.3, -0.25) is 4.79 Å². The molecule has 3 rings (SSSR count). The van der Waals surface area contributed by atoms with E-state index in [1.807, 2.05) is 17.5 Å². The lowest BCUT2D eigenvalue weighted by Crippen LogP contribution is -2.35. The Morgan fingerprint density at radius 3 is 3.00 bits per heavy atom. The second-order valence-corrected chi connectivity index (χ2v) is 8.32. The van der Waals surface area contributed by atoms with Crippen molar-refractivity contribution in [1.29, 1.82) is 0 Å². The highest BCUT2D eigenvalue weighted by Gasteiger charge is 2.28. The molecule has 1 fully saturated rings. The molecule has 0 radical (unpaired) electrons. The maximum absolute atomic E-state index is 11.8. The molecular weight excluding hydrogens is 326 g/mol. The summed E-state index contributed by atoms with van der Waals surface area (Å²) in [5.74, 6) is 0.830. The van der Waals surface area contributed by atoms with E-state index in [0.29, 0.717) is 24.6 Å². The zero-order chi connectivity index (χ0) is 15.6. The second-order valence-electron chi connectivity index (χ2n) is 5.15. The van der Waals surface area contributed by atoms with E-state index < -0.39 is 9.84 Å². The van der Waals surface area contributed by atoms with Gasteiger partial charge >= 0.3 is 0 Å². The number of sulfone groups is 1. The van der Waals surface area contributed by atoms with Crippen LogP contribution in [0.1, 0.15) is 18.7 Å². The average Bonchev–Trinajstić information content (AvgIpc) is 3.16. The average molecular weight is 341 g/mol. The fourth-order valence-electron chi connectivity index (χ4n) is 2.28. The molecule has 3 heterocycles. The van der Waals surface area contributed by atoms with Gasteiger partial charge in [-0.25, -0.2) is 8.42 Å². The third kappa shape index (κ3) is 3.72. The van der Waals surface area contributed by atoms with Gasteiger partial charge in [0.05, 0.1) is 16.4 Å². The Morgan fingerprint density at radius 1 is 1.45 bits per heavy atom. The molecule has 1 aliphatic heterocycles. The van der Waals surface area contributed by atoms with Crippen molar-refractivity contribution in [1.82, 2.24) is 15.5 Å². The number of aryl methyl sites for hydroxylation is 1. The van der Waals surface area contributed by atoms with Gasteiger partial charge in [-0.1, -0.05) is 6.07 Å². The van der Waals surface area contributed by atoms with Gasteiger partial charge in [0, 0.05) is 18.9 Å². The number of rotatable bonds is 5. The first kappa shape index (κ1) is 15.2. The molecule has 1 N–H and O–H groups in total. The highest BCUT2D eigenvalue weighted by molar-refractivity contribution is 7.91. The maximum atomic E-state index is 11.8. The van der Waals surface area contributed by atoms with Gasteiger partial charge < -0.3 is 9.73 Å². The summed E-state index contributed by atoms with van der Waals surface area (Å²) in [5, 5.41) is 12.5. The minimum absolute atomic E-state index is 0.0296. The highest BCUT2D eigenvalue weighted by atomic mass is 32.2. The van der Waals surface area contributed by atoms with Crippen LogP contribution >= 0.6 is 11.3 Å². The third-order valence-electron chi connectivity index (χ3n) is 3.36. The molecule has 1 atom stereocenters. The minimum Gasteiger partial charge on any atom is -0.420 e. The standard InChI is InChI=1S/C13H15N3O4S2/c17-11(14-9-5-7-22(18,19)8-9)3-4-12-15-16-13(20-12)10-2-1-6-21-10/h1-2,6,9H,3-5,7-8H2,(H,14,17). The molecule has 2 aromatic rings. The Hall–Kier alpha value is -1.74. The zero-order valence-electron chi connectivity index (χ0n) is 11.7. The van der Waals surface area contributed by atoms with Crippen molar-refractivity contribution in [3.05, 3.63) is 23.4 Å². The minimum atomic E-state index is -2.98. The van der Waals surface area contributed by atoms with Gasteiger partial charge in [0.25, 0.3) is 5.89 Å². The van der Waals surface area contributed by atoms with E-state index in [4.69, 9.17) is 4.42 Å². The molecule has 7 nitrogen and oxygen atoms in total. The lowest BCUT2D eigenvalue weighted by Gasteiger charge is -2.09. The number of aromatic nitrogens is 2. The van der Waals surface area contributed by atoms with Crippen molar-refractivity contribution >= 4 is 27.1 Å². The van der Waals surface area contributed by atoms with Gasteiger partial charge in [0.2, 0.25) is 11.8 Å². The molecule has 2 aromatic heterocycles. The zero-order valence-corrected chi connectivity index (χ0v) is 13.3. The van der Waals surface area contributed by atoms with Gasteiger partial charge in [-0.2, -0.15) is 0 Å². The molecule has 0 spiro atoms. The molecule has 1 saturated heterocycles. The number of nitrogens with zero attached hydrogens (tertiary/aromatic N) is 2. The van der Waals surface area contributed by atoms with E-state index in [9.17, 15) is 13.2 Å². The Balaban J connectivity index is 1.49. The summed E-state index contributed by atoms with van der Waals surface area (Å²) >= 11 is 1.50. The van der Waals surface area contributed by atoms with Crippen LogP contribution in [0.3, 0.4) is 0 Å². The maximum Gasteiger partial charge on any atom is 0.257 e. The lowest BCUT2D eigenvalue weighted by molar-refractivity contribution is -0.121. The van der Waals surface area contributed by atoms with Crippen LogP contribution in [0.2, 0.25) is 0 Å². The number of amides is 1. The monoisotopic (exact) mass is 341 g/mol. The van der Waals surface area contributed by atoms with Crippen molar-refractivity contribution in [2.24, 2.45) is 0 Å². The second kappa shape index (κ2) is 6.17. The fourth-order valence-corrected chi connectivity index (χ4v) is 4.60. The first-order valence-corrected chi connectivity index (χ1v) is 9.58. The number of nitrogens with one attached hydrogen (secondary N) is 1. The van der Waals surface area contributed by atoms with Crippen LogP contribution < -0.4 is 5.32 Å². The first-order valence-electron chi connectivity index (χ1n) is 6.88. The Labute approximate surface area is 131 Å². The van der Waals surface area contributed by atoms with Gasteiger partial charge in [0.15, 0.2) is 9.84 Å². The van der Waals surface area contributed by atoms with Crippen molar-refractivity contribution in [3.8, 4) is 10.8 Å². The molecule has 9 heteroatoms.